The third-order valence-electron chi connectivity index (χ3n) is 4.83. The van der Waals surface area contributed by atoms with E-state index < -0.39 is 0 Å². The molecule has 1 amide bonds. The fourth-order valence-corrected chi connectivity index (χ4v) is 4.84. The SMILES string of the molecule is COc1ccc(SCCC(=O)N2CCc3cc(-c4csc(C)n4)ccc32)cc1. The van der Waals surface area contributed by atoms with Gasteiger partial charge in [-0.1, -0.05) is 6.07 Å². The van der Waals surface area contributed by atoms with Gasteiger partial charge in [-0.15, -0.1) is 23.1 Å². The van der Waals surface area contributed by atoms with Crippen molar-refractivity contribution in [1.29, 1.82) is 0 Å². The number of rotatable bonds is 6. The number of carbonyl (C=O) groups excluding carboxylic acids is 1. The molecule has 3 aromatic rings. The summed E-state index contributed by atoms with van der Waals surface area (Å²) in [6, 6.07) is 14.3. The number of carbonyl (C=O) groups is 1. The number of methoxy groups -OCH3 is 1. The van der Waals surface area contributed by atoms with Crippen molar-refractivity contribution in [2.45, 2.75) is 24.7 Å². The van der Waals surface area contributed by atoms with Crippen molar-refractivity contribution in [3.05, 3.63) is 58.4 Å². The smallest absolute Gasteiger partial charge is 0.227 e. The highest BCUT2D eigenvalue weighted by atomic mass is 32.2. The Kier molecular flexibility index (Phi) is 5.69. The second-order valence-corrected chi connectivity index (χ2v) is 8.90. The van der Waals surface area contributed by atoms with Gasteiger partial charge in [-0.25, -0.2) is 4.98 Å². The highest BCUT2D eigenvalue weighted by Crippen LogP contribution is 2.33. The third kappa shape index (κ3) is 4.08. The van der Waals surface area contributed by atoms with Crippen molar-refractivity contribution >= 4 is 34.7 Å². The minimum absolute atomic E-state index is 0.192. The van der Waals surface area contributed by atoms with Crippen molar-refractivity contribution in [2.24, 2.45) is 0 Å². The van der Waals surface area contributed by atoms with Gasteiger partial charge in [0, 0.05) is 40.2 Å². The Labute approximate surface area is 173 Å². The van der Waals surface area contributed by atoms with Gasteiger partial charge in [0.2, 0.25) is 5.91 Å². The zero-order chi connectivity index (χ0) is 19.5. The van der Waals surface area contributed by atoms with Crippen molar-refractivity contribution in [3.63, 3.8) is 0 Å². The molecule has 0 saturated heterocycles. The van der Waals surface area contributed by atoms with Crippen LogP contribution in [0, 0.1) is 6.92 Å². The lowest BCUT2D eigenvalue weighted by molar-refractivity contribution is -0.118. The zero-order valence-corrected chi connectivity index (χ0v) is 17.6. The molecule has 2 aromatic carbocycles. The molecular weight excluding hydrogens is 388 g/mol. The number of nitrogens with zero attached hydrogens (tertiary/aromatic N) is 2. The topological polar surface area (TPSA) is 42.4 Å². The molecule has 1 aliphatic heterocycles. The van der Waals surface area contributed by atoms with E-state index in [0.717, 1.165) is 51.3 Å². The summed E-state index contributed by atoms with van der Waals surface area (Å²) >= 11 is 3.36. The van der Waals surface area contributed by atoms with Crippen molar-refractivity contribution in [3.8, 4) is 17.0 Å². The van der Waals surface area contributed by atoms with Gasteiger partial charge in [0.15, 0.2) is 0 Å². The summed E-state index contributed by atoms with van der Waals surface area (Å²) in [6.45, 7) is 2.78. The summed E-state index contributed by atoms with van der Waals surface area (Å²) in [5, 5.41) is 3.16. The molecule has 0 bridgehead atoms. The summed E-state index contributed by atoms with van der Waals surface area (Å²) in [4.78, 5) is 20.4. The number of hydrogen-bond acceptors (Lipinski definition) is 5. The molecular formula is C22H22N2O2S2. The van der Waals surface area contributed by atoms with Gasteiger partial charge in [-0.3, -0.25) is 4.79 Å². The number of aromatic nitrogens is 1. The number of aryl methyl sites for hydroxylation is 1. The van der Waals surface area contributed by atoms with E-state index in [4.69, 9.17) is 4.74 Å². The Balaban J connectivity index is 1.37. The molecule has 2 heterocycles. The fourth-order valence-electron chi connectivity index (χ4n) is 3.38. The molecule has 0 radical (unpaired) electrons. The van der Waals surface area contributed by atoms with Gasteiger partial charge in [0.25, 0.3) is 0 Å². The summed E-state index contributed by atoms with van der Waals surface area (Å²) < 4.78 is 5.18. The number of benzene rings is 2. The van der Waals surface area contributed by atoms with Crippen LogP contribution in [0.1, 0.15) is 17.0 Å². The highest BCUT2D eigenvalue weighted by molar-refractivity contribution is 7.99. The molecule has 4 rings (SSSR count). The summed E-state index contributed by atoms with van der Waals surface area (Å²) in [7, 11) is 1.66. The van der Waals surface area contributed by atoms with Gasteiger partial charge < -0.3 is 9.64 Å². The molecule has 0 unspecified atom stereocenters. The maximum atomic E-state index is 12.7. The number of ether oxygens (including phenoxy) is 1. The standard InChI is InChI=1S/C22H22N2O2S2/c1-15-23-20(14-28-15)16-3-8-21-17(13-16)9-11-24(21)22(25)10-12-27-19-6-4-18(26-2)5-7-19/h3-8,13-14H,9-12H2,1-2H3. The second-order valence-electron chi connectivity index (χ2n) is 6.66. The van der Waals surface area contributed by atoms with Crippen LogP contribution in [-0.2, 0) is 11.2 Å². The van der Waals surface area contributed by atoms with Crippen LogP contribution in [0.5, 0.6) is 5.75 Å². The average molecular weight is 411 g/mol. The normalized spacial score (nSPS) is 12.9. The number of amides is 1. The van der Waals surface area contributed by atoms with Gasteiger partial charge in [-0.2, -0.15) is 0 Å². The van der Waals surface area contributed by atoms with Crippen LogP contribution in [0.15, 0.2) is 52.7 Å². The molecule has 1 aromatic heterocycles. The third-order valence-corrected chi connectivity index (χ3v) is 6.62. The Bertz CT molecular complexity index is 982. The number of thioether (sulfide) groups is 1. The largest absolute Gasteiger partial charge is 0.497 e. The number of hydrogen-bond donors (Lipinski definition) is 0. The first-order chi connectivity index (χ1) is 13.6. The average Bonchev–Trinajstić information content (AvgIpc) is 3.34. The maximum Gasteiger partial charge on any atom is 0.227 e. The second kappa shape index (κ2) is 8.37. The molecule has 4 nitrogen and oxygen atoms in total. The lowest BCUT2D eigenvalue weighted by Gasteiger charge is -2.17. The Morgan fingerprint density at radius 3 is 2.79 bits per heavy atom. The molecule has 6 heteroatoms. The van der Waals surface area contributed by atoms with Crippen molar-refractivity contribution in [2.75, 3.05) is 24.3 Å². The quantitative estimate of drug-likeness (QED) is 0.524. The first kappa shape index (κ1) is 19.0. The van der Waals surface area contributed by atoms with Gasteiger partial charge in [0.05, 0.1) is 17.8 Å². The van der Waals surface area contributed by atoms with Crippen LogP contribution < -0.4 is 9.64 Å². The van der Waals surface area contributed by atoms with E-state index in [9.17, 15) is 4.79 Å². The minimum atomic E-state index is 0.192. The monoisotopic (exact) mass is 410 g/mol. The molecule has 0 spiro atoms. The number of thiazole rings is 1. The van der Waals surface area contributed by atoms with Crippen LogP contribution in [0.2, 0.25) is 0 Å². The van der Waals surface area contributed by atoms with Gasteiger partial charge in [-0.05, 0) is 55.3 Å². The van der Waals surface area contributed by atoms with Crippen LogP contribution in [0.4, 0.5) is 5.69 Å². The Hall–Kier alpha value is -2.31. The lowest BCUT2D eigenvalue weighted by atomic mass is 10.1. The van der Waals surface area contributed by atoms with Gasteiger partial charge >= 0.3 is 0 Å². The summed E-state index contributed by atoms with van der Waals surface area (Å²) in [5.74, 6) is 1.81. The van der Waals surface area contributed by atoms with E-state index in [1.54, 1.807) is 30.2 Å². The lowest BCUT2D eigenvalue weighted by Crippen LogP contribution is -2.29. The van der Waals surface area contributed by atoms with Crippen molar-refractivity contribution < 1.29 is 9.53 Å². The Morgan fingerprint density at radius 1 is 1.25 bits per heavy atom. The van der Waals surface area contributed by atoms with E-state index in [1.807, 2.05) is 36.1 Å². The van der Waals surface area contributed by atoms with E-state index in [2.05, 4.69) is 28.6 Å². The molecule has 0 saturated carbocycles. The maximum absolute atomic E-state index is 12.7. The summed E-state index contributed by atoms with van der Waals surface area (Å²) in [5.41, 5.74) is 4.44. The molecule has 0 N–H and O–H groups in total. The van der Waals surface area contributed by atoms with Crippen molar-refractivity contribution in [1.82, 2.24) is 4.98 Å². The molecule has 0 aliphatic carbocycles. The zero-order valence-electron chi connectivity index (χ0n) is 16.0. The van der Waals surface area contributed by atoms with E-state index in [0.29, 0.717) is 6.42 Å². The molecule has 144 valence electrons. The first-order valence-electron chi connectivity index (χ1n) is 9.26. The summed E-state index contributed by atoms with van der Waals surface area (Å²) in [6.07, 6.45) is 1.44. The first-order valence-corrected chi connectivity index (χ1v) is 11.1. The highest BCUT2D eigenvalue weighted by Gasteiger charge is 2.24. The van der Waals surface area contributed by atoms with Crippen LogP contribution >= 0.6 is 23.1 Å². The van der Waals surface area contributed by atoms with E-state index >= 15 is 0 Å². The van der Waals surface area contributed by atoms with Crippen LogP contribution in [0.25, 0.3) is 11.3 Å². The number of fused-ring (bicyclic) bond motifs is 1. The molecule has 28 heavy (non-hydrogen) atoms. The molecule has 1 aliphatic rings. The predicted octanol–water partition coefficient (Wildman–Crippen LogP) is 5.20. The van der Waals surface area contributed by atoms with E-state index in [1.165, 1.54) is 5.56 Å². The fraction of sp³-hybridized carbons (Fsp3) is 0.273. The Morgan fingerprint density at radius 2 is 2.07 bits per heavy atom. The van der Waals surface area contributed by atoms with Gasteiger partial charge in [0.1, 0.15) is 5.75 Å². The molecule has 0 atom stereocenters. The number of anilines is 1. The minimum Gasteiger partial charge on any atom is -0.497 e. The van der Waals surface area contributed by atoms with E-state index in [-0.39, 0.29) is 5.91 Å². The molecule has 0 fully saturated rings. The van der Waals surface area contributed by atoms with Crippen LogP contribution in [-0.4, -0.2) is 30.3 Å². The van der Waals surface area contributed by atoms with Crippen LogP contribution in [0.3, 0.4) is 0 Å². The predicted molar refractivity (Wildman–Crippen MR) is 117 cm³/mol.